The van der Waals surface area contributed by atoms with Crippen molar-refractivity contribution in [3.63, 3.8) is 0 Å². The highest BCUT2D eigenvalue weighted by Gasteiger charge is 2.05. The smallest absolute Gasteiger partial charge is 0.128 e. The minimum absolute atomic E-state index is 0.277. The molecule has 2 aromatic carbocycles. The Hall–Kier alpha value is -1.07. The van der Waals surface area contributed by atoms with Crippen LogP contribution in [0, 0.1) is 11.6 Å². The topological polar surface area (TPSA) is 26.0 Å². The summed E-state index contributed by atoms with van der Waals surface area (Å²) in [6.45, 7) is 0. The lowest BCUT2D eigenvalue weighted by atomic mass is 10.2. The summed E-state index contributed by atoms with van der Waals surface area (Å²) in [6, 6.07) is 9.20. The van der Waals surface area contributed by atoms with E-state index >= 15 is 0 Å². The van der Waals surface area contributed by atoms with Crippen molar-refractivity contribution in [3.05, 3.63) is 58.1 Å². The zero-order chi connectivity index (χ0) is 13.1. The summed E-state index contributed by atoms with van der Waals surface area (Å²) in [5.41, 5.74) is 6.49. The molecule has 0 heterocycles. The van der Waals surface area contributed by atoms with Crippen molar-refractivity contribution < 1.29 is 8.78 Å². The van der Waals surface area contributed by atoms with Gasteiger partial charge in [0.2, 0.25) is 0 Å². The van der Waals surface area contributed by atoms with E-state index in [1.165, 1.54) is 30.0 Å². The second-order valence-electron chi connectivity index (χ2n) is 3.74. The van der Waals surface area contributed by atoms with Crippen LogP contribution in [0.4, 0.5) is 14.5 Å². The number of nitrogens with two attached hydrogens (primary N) is 1. The average Bonchev–Trinajstić information content (AvgIpc) is 2.26. The van der Waals surface area contributed by atoms with Crippen molar-refractivity contribution >= 4 is 33.4 Å². The van der Waals surface area contributed by atoms with Crippen LogP contribution in [0.25, 0.3) is 0 Å². The average molecular weight is 330 g/mol. The summed E-state index contributed by atoms with van der Waals surface area (Å²) in [5, 5.41) is 0. The molecule has 0 aliphatic rings. The first-order valence-corrected chi connectivity index (χ1v) is 6.95. The van der Waals surface area contributed by atoms with Gasteiger partial charge in [-0.15, -0.1) is 11.8 Å². The van der Waals surface area contributed by atoms with Gasteiger partial charge in [0.1, 0.15) is 11.6 Å². The lowest BCUT2D eigenvalue weighted by Crippen LogP contribution is -1.90. The molecule has 0 saturated carbocycles. The third-order valence-corrected chi connectivity index (χ3v) is 3.82. The highest BCUT2D eigenvalue weighted by atomic mass is 79.9. The maximum absolute atomic E-state index is 13.6. The Balaban J connectivity index is 2.11. The quantitative estimate of drug-likeness (QED) is 0.657. The Labute approximate surface area is 117 Å². The van der Waals surface area contributed by atoms with E-state index < -0.39 is 0 Å². The number of rotatable bonds is 3. The van der Waals surface area contributed by atoms with Gasteiger partial charge in [-0.05, 0) is 35.9 Å². The van der Waals surface area contributed by atoms with Crippen molar-refractivity contribution in [3.8, 4) is 0 Å². The maximum Gasteiger partial charge on any atom is 0.128 e. The Morgan fingerprint density at radius 3 is 2.56 bits per heavy atom. The molecule has 0 fully saturated rings. The van der Waals surface area contributed by atoms with E-state index in [2.05, 4.69) is 15.9 Å². The number of hydrogen-bond acceptors (Lipinski definition) is 2. The van der Waals surface area contributed by atoms with Crippen molar-refractivity contribution in [2.45, 2.75) is 10.6 Å². The van der Waals surface area contributed by atoms with Crippen LogP contribution < -0.4 is 5.73 Å². The van der Waals surface area contributed by atoms with Gasteiger partial charge in [-0.1, -0.05) is 22.0 Å². The van der Waals surface area contributed by atoms with Gasteiger partial charge in [-0.25, -0.2) is 8.78 Å². The molecular weight excluding hydrogens is 320 g/mol. The summed E-state index contributed by atoms with van der Waals surface area (Å²) >= 11 is 4.55. The standard InChI is InChI=1S/C13H10BrF2NS/c14-9-2-1-8(13(16)3-9)7-18-12-5-10(15)4-11(17)6-12/h1-6H,7,17H2. The van der Waals surface area contributed by atoms with E-state index in [9.17, 15) is 8.78 Å². The Morgan fingerprint density at radius 1 is 1.11 bits per heavy atom. The number of thioether (sulfide) groups is 1. The van der Waals surface area contributed by atoms with Crippen LogP contribution in [-0.4, -0.2) is 0 Å². The van der Waals surface area contributed by atoms with E-state index in [0.29, 0.717) is 26.4 Å². The first-order valence-electron chi connectivity index (χ1n) is 5.17. The predicted octanol–water partition coefficient (Wildman–Crippen LogP) is 4.60. The summed E-state index contributed by atoms with van der Waals surface area (Å²) < 4.78 is 27.4. The highest BCUT2D eigenvalue weighted by Crippen LogP contribution is 2.27. The lowest BCUT2D eigenvalue weighted by Gasteiger charge is -2.05. The molecule has 0 atom stereocenters. The zero-order valence-electron chi connectivity index (χ0n) is 9.29. The third-order valence-electron chi connectivity index (χ3n) is 2.30. The summed E-state index contributed by atoms with van der Waals surface area (Å²) in [4.78, 5) is 0.690. The number of anilines is 1. The van der Waals surface area contributed by atoms with E-state index in [-0.39, 0.29) is 11.6 Å². The summed E-state index contributed by atoms with van der Waals surface area (Å²) in [5.74, 6) is -0.225. The first-order chi connectivity index (χ1) is 8.54. The van der Waals surface area contributed by atoms with E-state index in [4.69, 9.17) is 5.73 Å². The molecule has 2 aromatic rings. The van der Waals surface area contributed by atoms with Crippen molar-refractivity contribution in [1.29, 1.82) is 0 Å². The van der Waals surface area contributed by atoms with Gasteiger partial charge < -0.3 is 5.73 Å². The molecule has 0 amide bonds. The molecule has 5 heteroatoms. The molecule has 0 unspecified atom stereocenters. The molecule has 0 aliphatic carbocycles. The molecule has 2 N–H and O–H groups in total. The minimum Gasteiger partial charge on any atom is -0.399 e. The van der Waals surface area contributed by atoms with Crippen LogP contribution in [0.2, 0.25) is 0 Å². The molecule has 94 valence electrons. The molecular formula is C13H10BrF2NS. The van der Waals surface area contributed by atoms with Gasteiger partial charge in [-0.2, -0.15) is 0 Å². The van der Waals surface area contributed by atoms with Crippen LogP contribution in [0.1, 0.15) is 5.56 Å². The first kappa shape index (κ1) is 13.4. The summed E-state index contributed by atoms with van der Waals surface area (Å²) in [7, 11) is 0. The van der Waals surface area contributed by atoms with Crippen LogP contribution in [0.3, 0.4) is 0 Å². The molecule has 0 saturated heterocycles. The zero-order valence-corrected chi connectivity index (χ0v) is 11.7. The molecule has 0 radical (unpaired) electrons. The van der Waals surface area contributed by atoms with Gasteiger partial charge in [0.25, 0.3) is 0 Å². The Bertz CT molecular complexity index is 555. The molecule has 2 rings (SSSR count). The van der Waals surface area contributed by atoms with Crippen LogP contribution >= 0.6 is 27.7 Å². The van der Waals surface area contributed by atoms with Crippen LogP contribution in [0.5, 0.6) is 0 Å². The second kappa shape index (κ2) is 5.71. The Kier molecular flexibility index (Phi) is 4.24. The normalized spacial score (nSPS) is 10.6. The molecule has 1 nitrogen and oxygen atoms in total. The number of halogens is 3. The van der Waals surface area contributed by atoms with Crippen molar-refractivity contribution in [2.75, 3.05) is 5.73 Å². The fraction of sp³-hybridized carbons (Fsp3) is 0.0769. The van der Waals surface area contributed by atoms with Crippen LogP contribution in [-0.2, 0) is 5.75 Å². The maximum atomic E-state index is 13.6. The molecule has 18 heavy (non-hydrogen) atoms. The molecule has 0 aliphatic heterocycles. The highest BCUT2D eigenvalue weighted by molar-refractivity contribution is 9.10. The largest absolute Gasteiger partial charge is 0.399 e. The van der Waals surface area contributed by atoms with Gasteiger partial charge in [-0.3, -0.25) is 0 Å². The van der Waals surface area contributed by atoms with Crippen LogP contribution in [0.15, 0.2) is 45.8 Å². The number of benzene rings is 2. The van der Waals surface area contributed by atoms with Gasteiger partial charge in [0.15, 0.2) is 0 Å². The lowest BCUT2D eigenvalue weighted by molar-refractivity contribution is 0.616. The van der Waals surface area contributed by atoms with Gasteiger partial charge >= 0.3 is 0 Å². The monoisotopic (exact) mass is 329 g/mol. The van der Waals surface area contributed by atoms with E-state index in [1.54, 1.807) is 18.2 Å². The number of nitrogen functional groups attached to an aromatic ring is 1. The van der Waals surface area contributed by atoms with Crippen molar-refractivity contribution in [1.82, 2.24) is 0 Å². The number of hydrogen-bond donors (Lipinski definition) is 1. The fourth-order valence-corrected chi connectivity index (χ4v) is 2.77. The minimum atomic E-state index is -0.381. The van der Waals surface area contributed by atoms with E-state index in [0.717, 1.165) is 0 Å². The summed E-state index contributed by atoms with van der Waals surface area (Å²) in [6.07, 6.45) is 0. The predicted molar refractivity (Wildman–Crippen MR) is 74.5 cm³/mol. The molecule has 0 bridgehead atoms. The van der Waals surface area contributed by atoms with Gasteiger partial charge in [0.05, 0.1) is 0 Å². The molecule has 0 aromatic heterocycles. The molecule has 0 spiro atoms. The third kappa shape index (κ3) is 3.46. The fourth-order valence-electron chi connectivity index (χ4n) is 1.47. The second-order valence-corrected chi connectivity index (χ2v) is 5.71. The van der Waals surface area contributed by atoms with Crippen molar-refractivity contribution in [2.24, 2.45) is 0 Å². The van der Waals surface area contributed by atoms with Gasteiger partial charge in [0, 0.05) is 20.8 Å². The SMILES string of the molecule is Nc1cc(F)cc(SCc2ccc(Br)cc2F)c1. The Morgan fingerprint density at radius 2 is 1.89 bits per heavy atom. The van der Waals surface area contributed by atoms with E-state index in [1.807, 2.05) is 0 Å².